The van der Waals surface area contributed by atoms with Crippen LogP contribution in [0.4, 0.5) is 5.69 Å². The average molecular weight is 280 g/mol. The molecule has 1 rings (SSSR count). The van der Waals surface area contributed by atoms with Gasteiger partial charge in [-0.1, -0.05) is 27.2 Å². The molecule has 20 heavy (non-hydrogen) atoms. The van der Waals surface area contributed by atoms with E-state index in [-0.39, 0.29) is 5.56 Å². The monoisotopic (exact) mass is 280 g/mol. The average Bonchev–Trinajstić information content (AvgIpc) is 2.42. The Hall–Kier alpha value is -1.36. The zero-order valence-corrected chi connectivity index (χ0v) is 13.2. The van der Waals surface area contributed by atoms with Gasteiger partial charge in [0.25, 0.3) is 5.56 Å². The van der Waals surface area contributed by atoms with Crippen molar-refractivity contribution in [3.63, 3.8) is 0 Å². The van der Waals surface area contributed by atoms with Crippen LogP contribution in [0.15, 0.2) is 17.1 Å². The number of rotatable bonds is 9. The van der Waals surface area contributed by atoms with Gasteiger partial charge in [-0.05, 0) is 19.4 Å². The molecule has 5 nitrogen and oxygen atoms in total. The molecule has 0 saturated heterocycles. The molecule has 0 radical (unpaired) electrons. The number of hydrogen-bond donors (Lipinski definition) is 1. The van der Waals surface area contributed by atoms with Crippen LogP contribution in [0, 0.1) is 0 Å². The van der Waals surface area contributed by atoms with Crippen molar-refractivity contribution in [1.82, 2.24) is 15.1 Å². The molecule has 5 heteroatoms. The van der Waals surface area contributed by atoms with Crippen LogP contribution in [0.3, 0.4) is 0 Å². The standard InChI is InChI=1S/C15H28N4O/c1-5-8-13(16-7-3)12-19-15(20)10-14(11-17-19)18(4)9-6-2/h10-11,13,16H,5-9,12H2,1-4H3. The molecule has 1 aromatic heterocycles. The highest BCUT2D eigenvalue weighted by Gasteiger charge is 2.10. The van der Waals surface area contributed by atoms with E-state index in [4.69, 9.17) is 0 Å². The van der Waals surface area contributed by atoms with Crippen LogP contribution in [-0.2, 0) is 6.54 Å². The highest BCUT2D eigenvalue weighted by atomic mass is 16.1. The van der Waals surface area contributed by atoms with Gasteiger partial charge in [0.1, 0.15) is 0 Å². The van der Waals surface area contributed by atoms with Gasteiger partial charge in [0.2, 0.25) is 0 Å². The third-order valence-electron chi connectivity index (χ3n) is 3.38. The Labute approximate surface area is 122 Å². The summed E-state index contributed by atoms with van der Waals surface area (Å²) in [5, 5.41) is 7.72. The fraction of sp³-hybridized carbons (Fsp3) is 0.733. The predicted molar refractivity (Wildman–Crippen MR) is 84.4 cm³/mol. The lowest BCUT2D eigenvalue weighted by Gasteiger charge is -2.20. The van der Waals surface area contributed by atoms with Crippen LogP contribution in [-0.4, -0.2) is 36.0 Å². The van der Waals surface area contributed by atoms with E-state index in [1.54, 1.807) is 16.9 Å². The number of nitrogens with one attached hydrogen (secondary N) is 1. The molecule has 0 aliphatic rings. The van der Waals surface area contributed by atoms with Crippen molar-refractivity contribution in [2.75, 3.05) is 25.0 Å². The highest BCUT2D eigenvalue weighted by molar-refractivity contribution is 5.41. The zero-order chi connectivity index (χ0) is 15.0. The van der Waals surface area contributed by atoms with Crippen LogP contribution < -0.4 is 15.8 Å². The van der Waals surface area contributed by atoms with E-state index >= 15 is 0 Å². The van der Waals surface area contributed by atoms with Gasteiger partial charge in [0, 0.05) is 25.7 Å². The van der Waals surface area contributed by atoms with E-state index in [2.05, 4.69) is 36.1 Å². The molecule has 1 N–H and O–H groups in total. The number of anilines is 1. The summed E-state index contributed by atoms with van der Waals surface area (Å²) in [5.41, 5.74) is 0.869. The summed E-state index contributed by atoms with van der Waals surface area (Å²) >= 11 is 0. The van der Waals surface area contributed by atoms with Crippen LogP contribution in [0.2, 0.25) is 0 Å². The van der Waals surface area contributed by atoms with E-state index in [1.165, 1.54) is 0 Å². The van der Waals surface area contributed by atoms with Gasteiger partial charge in [0.05, 0.1) is 18.4 Å². The fourth-order valence-corrected chi connectivity index (χ4v) is 2.34. The third kappa shape index (κ3) is 4.96. The Bertz CT molecular complexity index is 438. The summed E-state index contributed by atoms with van der Waals surface area (Å²) in [6, 6.07) is 1.99. The summed E-state index contributed by atoms with van der Waals surface area (Å²) in [4.78, 5) is 14.2. The van der Waals surface area contributed by atoms with E-state index in [1.807, 2.05) is 7.05 Å². The Kier molecular flexibility index (Phi) is 7.30. The molecule has 0 aliphatic carbocycles. The van der Waals surface area contributed by atoms with Crippen molar-refractivity contribution in [3.05, 3.63) is 22.6 Å². The highest BCUT2D eigenvalue weighted by Crippen LogP contribution is 2.07. The molecular weight excluding hydrogens is 252 g/mol. The van der Waals surface area contributed by atoms with E-state index in [0.717, 1.165) is 38.0 Å². The van der Waals surface area contributed by atoms with Gasteiger partial charge >= 0.3 is 0 Å². The minimum absolute atomic E-state index is 0.0236. The number of hydrogen-bond acceptors (Lipinski definition) is 4. The second-order valence-electron chi connectivity index (χ2n) is 5.20. The van der Waals surface area contributed by atoms with Gasteiger partial charge in [-0.25, -0.2) is 4.68 Å². The Morgan fingerprint density at radius 2 is 2.10 bits per heavy atom. The molecular formula is C15H28N4O. The molecule has 1 atom stereocenters. The Balaban J connectivity index is 2.79. The summed E-state index contributed by atoms with van der Waals surface area (Å²) in [6.45, 7) is 8.85. The van der Waals surface area contributed by atoms with Crippen LogP contribution >= 0.6 is 0 Å². The second kappa shape index (κ2) is 8.74. The summed E-state index contributed by atoms with van der Waals surface area (Å²) in [5.74, 6) is 0. The van der Waals surface area contributed by atoms with Crippen molar-refractivity contribution in [2.24, 2.45) is 0 Å². The molecule has 0 aliphatic heterocycles. The van der Waals surface area contributed by atoms with Crippen LogP contribution in [0.25, 0.3) is 0 Å². The first-order chi connectivity index (χ1) is 9.62. The molecule has 0 aromatic carbocycles. The molecule has 1 aromatic rings. The van der Waals surface area contributed by atoms with Crippen LogP contribution in [0.1, 0.15) is 40.0 Å². The molecule has 1 unspecified atom stereocenters. The first-order valence-electron chi connectivity index (χ1n) is 7.64. The zero-order valence-electron chi connectivity index (χ0n) is 13.2. The van der Waals surface area contributed by atoms with Crippen molar-refractivity contribution in [3.8, 4) is 0 Å². The predicted octanol–water partition coefficient (Wildman–Crippen LogP) is 1.87. The molecule has 0 spiro atoms. The first-order valence-corrected chi connectivity index (χ1v) is 7.64. The Morgan fingerprint density at radius 1 is 1.35 bits per heavy atom. The lowest BCUT2D eigenvalue weighted by Crippen LogP contribution is -2.37. The number of nitrogens with zero attached hydrogens (tertiary/aromatic N) is 3. The van der Waals surface area contributed by atoms with Crippen molar-refractivity contribution < 1.29 is 0 Å². The molecule has 0 amide bonds. The van der Waals surface area contributed by atoms with Crippen molar-refractivity contribution in [1.29, 1.82) is 0 Å². The maximum atomic E-state index is 12.1. The van der Waals surface area contributed by atoms with Crippen molar-refractivity contribution in [2.45, 2.75) is 52.6 Å². The maximum Gasteiger partial charge on any atom is 0.268 e. The topological polar surface area (TPSA) is 50.2 Å². The smallest absolute Gasteiger partial charge is 0.268 e. The molecule has 0 saturated carbocycles. The lowest BCUT2D eigenvalue weighted by atomic mass is 10.1. The van der Waals surface area contributed by atoms with E-state index in [9.17, 15) is 4.79 Å². The first kappa shape index (κ1) is 16.7. The van der Waals surface area contributed by atoms with Gasteiger partial charge in [-0.3, -0.25) is 4.79 Å². The third-order valence-corrected chi connectivity index (χ3v) is 3.38. The molecule has 0 fully saturated rings. The normalized spacial score (nSPS) is 12.4. The lowest BCUT2D eigenvalue weighted by molar-refractivity contribution is 0.399. The molecule has 114 valence electrons. The van der Waals surface area contributed by atoms with Crippen molar-refractivity contribution >= 4 is 5.69 Å². The van der Waals surface area contributed by atoms with Gasteiger partial charge < -0.3 is 10.2 Å². The van der Waals surface area contributed by atoms with Gasteiger partial charge in [-0.2, -0.15) is 5.10 Å². The largest absolute Gasteiger partial charge is 0.373 e. The maximum absolute atomic E-state index is 12.1. The number of aromatic nitrogens is 2. The number of likely N-dealkylation sites (N-methyl/N-ethyl adjacent to an activating group) is 1. The minimum Gasteiger partial charge on any atom is -0.373 e. The van der Waals surface area contributed by atoms with Gasteiger partial charge in [0.15, 0.2) is 0 Å². The second-order valence-corrected chi connectivity index (χ2v) is 5.20. The van der Waals surface area contributed by atoms with Crippen LogP contribution in [0.5, 0.6) is 0 Å². The molecule has 0 bridgehead atoms. The van der Waals surface area contributed by atoms with Gasteiger partial charge in [-0.15, -0.1) is 0 Å². The van der Waals surface area contributed by atoms with E-state index < -0.39 is 0 Å². The molecule has 1 heterocycles. The SMILES string of the molecule is CCCC(Cn1ncc(N(C)CCC)cc1=O)NCC. The van der Waals surface area contributed by atoms with E-state index in [0.29, 0.717) is 12.6 Å². The minimum atomic E-state index is -0.0236. The fourth-order valence-electron chi connectivity index (χ4n) is 2.34. The Morgan fingerprint density at radius 3 is 2.65 bits per heavy atom. The summed E-state index contributed by atoms with van der Waals surface area (Å²) in [7, 11) is 1.99. The summed E-state index contributed by atoms with van der Waals surface area (Å²) < 4.78 is 1.56. The quantitative estimate of drug-likeness (QED) is 0.750. The summed E-state index contributed by atoms with van der Waals surface area (Å²) in [6.07, 6.45) is 4.99.